The number of thioether (sulfide) groups is 1. The summed E-state index contributed by atoms with van der Waals surface area (Å²) in [5.74, 6) is -0.400. The van der Waals surface area contributed by atoms with Gasteiger partial charge in [0, 0.05) is 28.4 Å². The zero-order chi connectivity index (χ0) is 20.8. The number of carbonyl (C=O) groups excluding carboxylic acids is 2. The molecule has 0 saturated heterocycles. The molecular weight excluding hydrogens is 410 g/mol. The summed E-state index contributed by atoms with van der Waals surface area (Å²) >= 11 is 2.71. The van der Waals surface area contributed by atoms with Crippen LogP contribution in [0.2, 0.25) is 0 Å². The number of hydrogen-bond acceptors (Lipinski definition) is 6. The maximum Gasteiger partial charge on any atom is 0.269 e. The van der Waals surface area contributed by atoms with Gasteiger partial charge in [0.1, 0.15) is 0 Å². The lowest BCUT2D eigenvalue weighted by molar-refractivity contribution is -0.384. The van der Waals surface area contributed by atoms with E-state index in [9.17, 15) is 19.7 Å². The van der Waals surface area contributed by atoms with E-state index in [0.29, 0.717) is 16.3 Å². The molecule has 3 rings (SSSR count). The average Bonchev–Trinajstić information content (AvgIpc) is 3.23. The molecule has 7 nitrogen and oxygen atoms in total. The molecule has 0 saturated carbocycles. The molecule has 2 amide bonds. The predicted molar refractivity (Wildman–Crippen MR) is 116 cm³/mol. The lowest BCUT2D eigenvalue weighted by atomic mass is 10.3. The minimum Gasteiger partial charge on any atom is -0.325 e. The summed E-state index contributed by atoms with van der Waals surface area (Å²) in [7, 11) is 0. The van der Waals surface area contributed by atoms with Crippen molar-refractivity contribution in [3.63, 3.8) is 0 Å². The second-order valence-electron chi connectivity index (χ2n) is 6.01. The molecule has 1 atom stereocenters. The Labute approximate surface area is 175 Å². The van der Waals surface area contributed by atoms with E-state index < -0.39 is 10.2 Å². The summed E-state index contributed by atoms with van der Waals surface area (Å²) in [4.78, 5) is 36.3. The van der Waals surface area contributed by atoms with Crippen molar-refractivity contribution < 1.29 is 14.5 Å². The van der Waals surface area contributed by atoms with Gasteiger partial charge in [0.25, 0.3) is 11.6 Å². The van der Waals surface area contributed by atoms with Gasteiger partial charge < -0.3 is 10.6 Å². The first-order valence-electron chi connectivity index (χ1n) is 8.59. The molecule has 29 heavy (non-hydrogen) atoms. The summed E-state index contributed by atoms with van der Waals surface area (Å²) in [6.45, 7) is 1.77. The zero-order valence-corrected chi connectivity index (χ0v) is 17.0. The number of nitro benzene ring substituents is 1. The first-order chi connectivity index (χ1) is 13.9. The molecule has 0 bridgehead atoms. The van der Waals surface area contributed by atoms with E-state index in [1.165, 1.54) is 47.4 Å². The van der Waals surface area contributed by atoms with Crippen LogP contribution in [0.4, 0.5) is 17.1 Å². The Bertz CT molecular complexity index is 1020. The second kappa shape index (κ2) is 9.35. The van der Waals surface area contributed by atoms with Crippen molar-refractivity contribution >= 4 is 52.0 Å². The summed E-state index contributed by atoms with van der Waals surface area (Å²) < 4.78 is 0. The van der Waals surface area contributed by atoms with Gasteiger partial charge in [0.2, 0.25) is 5.91 Å². The van der Waals surface area contributed by atoms with Crippen LogP contribution in [0.1, 0.15) is 16.6 Å². The lowest BCUT2D eigenvalue weighted by Gasteiger charge is -2.13. The van der Waals surface area contributed by atoms with Crippen LogP contribution < -0.4 is 10.6 Å². The average molecular weight is 428 g/mol. The molecule has 2 aromatic carbocycles. The molecule has 1 aromatic heterocycles. The van der Waals surface area contributed by atoms with Crippen LogP contribution in [0, 0.1) is 10.1 Å². The molecule has 1 heterocycles. The first kappa shape index (κ1) is 20.6. The van der Waals surface area contributed by atoms with Gasteiger partial charge >= 0.3 is 0 Å². The largest absolute Gasteiger partial charge is 0.325 e. The number of carbonyl (C=O) groups is 2. The molecular formula is C20H17N3O4S2. The molecule has 0 aliphatic carbocycles. The highest BCUT2D eigenvalue weighted by Gasteiger charge is 2.16. The number of benzene rings is 2. The highest BCUT2D eigenvalue weighted by molar-refractivity contribution is 8.00. The van der Waals surface area contributed by atoms with E-state index in [4.69, 9.17) is 0 Å². The first-order valence-corrected chi connectivity index (χ1v) is 10.4. The predicted octanol–water partition coefficient (Wildman–Crippen LogP) is 5.03. The van der Waals surface area contributed by atoms with Gasteiger partial charge in [-0.3, -0.25) is 19.7 Å². The van der Waals surface area contributed by atoms with Crippen LogP contribution in [-0.2, 0) is 4.79 Å². The third-order valence-corrected chi connectivity index (χ3v) is 5.83. The smallest absolute Gasteiger partial charge is 0.269 e. The number of anilines is 2. The molecule has 0 radical (unpaired) electrons. The number of amides is 2. The van der Waals surface area contributed by atoms with Crippen molar-refractivity contribution in [2.45, 2.75) is 17.1 Å². The number of nitro groups is 1. The van der Waals surface area contributed by atoms with E-state index in [0.717, 1.165) is 4.90 Å². The van der Waals surface area contributed by atoms with Crippen LogP contribution in [-0.4, -0.2) is 22.0 Å². The van der Waals surface area contributed by atoms with Crippen molar-refractivity contribution in [1.82, 2.24) is 0 Å². The van der Waals surface area contributed by atoms with Crippen molar-refractivity contribution in [2.75, 3.05) is 10.6 Å². The fourth-order valence-electron chi connectivity index (χ4n) is 2.42. The quantitative estimate of drug-likeness (QED) is 0.313. The molecule has 1 unspecified atom stereocenters. The van der Waals surface area contributed by atoms with Crippen LogP contribution in [0.25, 0.3) is 0 Å². The third kappa shape index (κ3) is 5.66. The highest BCUT2D eigenvalue weighted by atomic mass is 32.2. The van der Waals surface area contributed by atoms with E-state index in [2.05, 4.69) is 10.6 Å². The maximum atomic E-state index is 12.4. The van der Waals surface area contributed by atoms with Crippen molar-refractivity contribution in [3.8, 4) is 0 Å². The Kier molecular flexibility index (Phi) is 6.63. The Balaban J connectivity index is 1.59. The van der Waals surface area contributed by atoms with Gasteiger partial charge in [-0.25, -0.2) is 0 Å². The Morgan fingerprint density at radius 3 is 2.45 bits per heavy atom. The van der Waals surface area contributed by atoms with Crippen molar-refractivity contribution in [3.05, 3.63) is 81.0 Å². The monoisotopic (exact) mass is 427 g/mol. The molecule has 9 heteroatoms. The van der Waals surface area contributed by atoms with Gasteiger partial charge in [0.05, 0.1) is 15.1 Å². The molecule has 2 N–H and O–H groups in total. The fourth-order valence-corrected chi connectivity index (χ4v) is 3.96. The topological polar surface area (TPSA) is 101 Å². The van der Waals surface area contributed by atoms with E-state index >= 15 is 0 Å². The number of nitrogens with one attached hydrogen (secondary N) is 2. The molecule has 148 valence electrons. The highest BCUT2D eigenvalue weighted by Crippen LogP contribution is 2.27. The molecule has 3 aromatic rings. The number of nitrogens with zero attached hydrogens (tertiary/aromatic N) is 1. The van der Waals surface area contributed by atoms with Crippen LogP contribution in [0.5, 0.6) is 0 Å². The van der Waals surface area contributed by atoms with E-state index in [1.54, 1.807) is 19.1 Å². The van der Waals surface area contributed by atoms with E-state index in [1.807, 2.05) is 29.6 Å². The van der Waals surface area contributed by atoms with Crippen LogP contribution >= 0.6 is 23.1 Å². The summed E-state index contributed by atoms with van der Waals surface area (Å²) in [6.07, 6.45) is 0. The summed E-state index contributed by atoms with van der Waals surface area (Å²) in [6, 6.07) is 16.5. The minimum absolute atomic E-state index is 0.0353. The lowest BCUT2D eigenvalue weighted by Crippen LogP contribution is -2.22. The number of hydrogen-bond donors (Lipinski definition) is 2. The van der Waals surface area contributed by atoms with Gasteiger partial charge in [-0.05, 0) is 48.7 Å². The molecule has 0 fully saturated rings. The van der Waals surface area contributed by atoms with Gasteiger partial charge in [-0.1, -0.05) is 12.1 Å². The SMILES string of the molecule is CC(Sc1cccc(NC(=O)c2cccs2)c1)C(=O)Nc1ccc([N+](=O)[O-])cc1. The van der Waals surface area contributed by atoms with Crippen molar-refractivity contribution in [2.24, 2.45) is 0 Å². The van der Waals surface area contributed by atoms with Gasteiger partial charge in [-0.2, -0.15) is 0 Å². The normalized spacial score (nSPS) is 11.5. The zero-order valence-electron chi connectivity index (χ0n) is 15.3. The standard InChI is InChI=1S/C20H17N3O4S2/c1-13(19(24)21-14-7-9-16(10-8-14)23(26)27)29-17-5-2-4-15(12-17)22-20(25)18-6-3-11-28-18/h2-13H,1H3,(H,21,24)(H,22,25). The van der Waals surface area contributed by atoms with Crippen LogP contribution in [0.3, 0.4) is 0 Å². The Morgan fingerprint density at radius 2 is 1.79 bits per heavy atom. The Hall–Kier alpha value is -3.17. The summed E-state index contributed by atoms with van der Waals surface area (Å²) in [5, 5.41) is 17.7. The minimum atomic E-state index is -0.492. The van der Waals surface area contributed by atoms with Crippen molar-refractivity contribution in [1.29, 1.82) is 0 Å². The molecule has 0 aliphatic rings. The number of thiophene rings is 1. The Morgan fingerprint density at radius 1 is 1.03 bits per heavy atom. The molecule has 0 spiro atoms. The van der Waals surface area contributed by atoms with Gasteiger partial charge in [-0.15, -0.1) is 23.1 Å². The maximum absolute atomic E-state index is 12.4. The van der Waals surface area contributed by atoms with E-state index in [-0.39, 0.29) is 17.5 Å². The third-order valence-electron chi connectivity index (χ3n) is 3.86. The molecule has 0 aliphatic heterocycles. The number of non-ortho nitro benzene ring substituents is 1. The fraction of sp³-hybridized carbons (Fsp3) is 0.100. The van der Waals surface area contributed by atoms with Gasteiger partial charge in [0.15, 0.2) is 0 Å². The van der Waals surface area contributed by atoms with Crippen LogP contribution in [0.15, 0.2) is 70.9 Å². The summed E-state index contributed by atoms with van der Waals surface area (Å²) in [5.41, 5.74) is 1.10. The number of rotatable bonds is 7. The second-order valence-corrected chi connectivity index (χ2v) is 8.37.